The molecule has 0 spiro atoms. The van der Waals surface area contributed by atoms with Crippen molar-refractivity contribution >= 4 is 21.3 Å². The van der Waals surface area contributed by atoms with Crippen LogP contribution in [0.3, 0.4) is 0 Å². The Balaban J connectivity index is 2.11. The van der Waals surface area contributed by atoms with E-state index in [1.54, 1.807) is 19.4 Å². The fourth-order valence-electron chi connectivity index (χ4n) is 2.07. The molecule has 1 N–H and O–H groups in total. The molecule has 0 radical (unpaired) electrons. The second-order valence-electron chi connectivity index (χ2n) is 4.90. The first kappa shape index (κ1) is 16.7. The van der Waals surface area contributed by atoms with Gasteiger partial charge in [0, 0.05) is 26.0 Å². The van der Waals surface area contributed by atoms with Gasteiger partial charge < -0.3 is 9.47 Å². The summed E-state index contributed by atoms with van der Waals surface area (Å²) in [5, 5.41) is 0. The number of anilines is 1. The summed E-state index contributed by atoms with van der Waals surface area (Å²) in [5.41, 5.74) is 2.30. The standard InChI is InChI=1S/C15H20N2O4S/c1-20-7-8-22(18,19)17-14-9-13(10-16-11-14)12-3-5-15(21-2)6-4-12/h3-5,9-11,15,17H,6-8H2,1-2H3. The Labute approximate surface area is 130 Å². The number of rotatable bonds is 7. The molecule has 1 atom stereocenters. The molecule has 1 aromatic heterocycles. The number of nitrogens with zero attached hydrogens (tertiary/aromatic N) is 1. The average Bonchev–Trinajstić information content (AvgIpc) is 2.53. The first-order chi connectivity index (χ1) is 10.5. The van der Waals surface area contributed by atoms with Gasteiger partial charge in [0.2, 0.25) is 10.0 Å². The molecule has 6 nitrogen and oxygen atoms in total. The van der Waals surface area contributed by atoms with Crippen LogP contribution in [0, 0.1) is 0 Å². The van der Waals surface area contributed by atoms with Gasteiger partial charge in [-0.3, -0.25) is 9.71 Å². The number of pyridine rings is 1. The number of allylic oxidation sites excluding steroid dienone is 2. The number of sulfonamides is 1. The Morgan fingerprint density at radius 3 is 2.82 bits per heavy atom. The topological polar surface area (TPSA) is 77.5 Å². The molecule has 2 rings (SSSR count). The lowest BCUT2D eigenvalue weighted by atomic mass is 9.99. The van der Waals surface area contributed by atoms with Crippen molar-refractivity contribution in [3.63, 3.8) is 0 Å². The van der Waals surface area contributed by atoms with E-state index in [-0.39, 0.29) is 18.5 Å². The van der Waals surface area contributed by atoms with Gasteiger partial charge in [0.05, 0.1) is 30.3 Å². The van der Waals surface area contributed by atoms with Gasteiger partial charge in [-0.1, -0.05) is 18.2 Å². The summed E-state index contributed by atoms with van der Waals surface area (Å²) in [7, 11) is -0.293. The van der Waals surface area contributed by atoms with Crippen LogP contribution in [0.4, 0.5) is 5.69 Å². The molecule has 7 heteroatoms. The van der Waals surface area contributed by atoms with Gasteiger partial charge >= 0.3 is 0 Å². The fraction of sp³-hybridized carbons (Fsp3) is 0.400. The second kappa shape index (κ2) is 7.53. The summed E-state index contributed by atoms with van der Waals surface area (Å²) in [4.78, 5) is 4.10. The minimum atomic E-state index is -3.43. The van der Waals surface area contributed by atoms with Crippen molar-refractivity contribution in [1.29, 1.82) is 0 Å². The summed E-state index contributed by atoms with van der Waals surface area (Å²) in [6.45, 7) is 0.148. The van der Waals surface area contributed by atoms with E-state index in [0.29, 0.717) is 5.69 Å². The number of ether oxygens (including phenoxy) is 2. The van der Waals surface area contributed by atoms with Crippen molar-refractivity contribution in [2.45, 2.75) is 12.5 Å². The van der Waals surface area contributed by atoms with Crippen molar-refractivity contribution < 1.29 is 17.9 Å². The van der Waals surface area contributed by atoms with Crippen molar-refractivity contribution in [3.8, 4) is 0 Å². The zero-order valence-electron chi connectivity index (χ0n) is 12.7. The summed E-state index contributed by atoms with van der Waals surface area (Å²) in [6, 6.07) is 1.76. The number of aromatic nitrogens is 1. The SMILES string of the molecule is COCCS(=O)(=O)Nc1cncc(C2=CCC(OC)C=C2)c1. The average molecular weight is 324 g/mol. The highest BCUT2D eigenvalue weighted by Crippen LogP contribution is 2.24. The normalized spacial score (nSPS) is 18.1. The van der Waals surface area contributed by atoms with Crippen LogP contribution in [0.5, 0.6) is 0 Å². The number of hydrogen-bond acceptors (Lipinski definition) is 5. The predicted molar refractivity (Wildman–Crippen MR) is 86.1 cm³/mol. The van der Waals surface area contributed by atoms with Gasteiger partial charge in [0.25, 0.3) is 0 Å². The molecule has 0 saturated heterocycles. The van der Waals surface area contributed by atoms with E-state index >= 15 is 0 Å². The molecular formula is C15H20N2O4S. The van der Waals surface area contributed by atoms with Crippen LogP contribution in [0.25, 0.3) is 5.57 Å². The summed E-state index contributed by atoms with van der Waals surface area (Å²) in [5.74, 6) is -0.0914. The van der Waals surface area contributed by atoms with E-state index in [0.717, 1.165) is 17.6 Å². The molecule has 1 aliphatic rings. The third-order valence-electron chi connectivity index (χ3n) is 3.26. The monoisotopic (exact) mass is 324 g/mol. The predicted octanol–water partition coefficient (Wildman–Crippen LogP) is 1.83. The molecular weight excluding hydrogens is 304 g/mol. The van der Waals surface area contributed by atoms with Crippen molar-refractivity contribution in [2.24, 2.45) is 0 Å². The van der Waals surface area contributed by atoms with E-state index < -0.39 is 10.0 Å². The number of hydrogen-bond donors (Lipinski definition) is 1. The molecule has 0 fully saturated rings. The Morgan fingerprint density at radius 2 is 2.18 bits per heavy atom. The molecule has 0 aliphatic heterocycles. The van der Waals surface area contributed by atoms with Gasteiger partial charge in [-0.15, -0.1) is 0 Å². The van der Waals surface area contributed by atoms with Crippen LogP contribution in [0.1, 0.15) is 12.0 Å². The third-order valence-corrected chi connectivity index (χ3v) is 4.52. The third kappa shape index (κ3) is 4.66. The van der Waals surface area contributed by atoms with Gasteiger partial charge in [0.1, 0.15) is 0 Å². The Kier molecular flexibility index (Phi) is 5.70. The summed E-state index contributed by atoms with van der Waals surface area (Å²) in [6.07, 6.45) is 10.0. The van der Waals surface area contributed by atoms with Crippen LogP contribution in [-0.4, -0.2) is 46.1 Å². The molecule has 0 amide bonds. The lowest BCUT2D eigenvalue weighted by Crippen LogP contribution is -2.19. The minimum absolute atomic E-state index is 0.0902. The van der Waals surface area contributed by atoms with E-state index in [9.17, 15) is 8.42 Å². The largest absolute Gasteiger partial charge is 0.384 e. The Morgan fingerprint density at radius 1 is 1.36 bits per heavy atom. The summed E-state index contributed by atoms with van der Waals surface area (Å²) >= 11 is 0. The molecule has 22 heavy (non-hydrogen) atoms. The smallest absolute Gasteiger partial charge is 0.235 e. The lowest BCUT2D eigenvalue weighted by Gasteiger charge is -2.15. The number of nitrogens with one attached hydrogen (secondary N) is 1. The highest BCUT2D eigenvalue weighted by molar-refractivity contribution is 7.92. The van der Waals surface area contributed by atoms with Gasteiger partial charge in [-0.05, 0) is 18.1 Å². The molecule has 0 saturated carbocycles. The van der Waals surface area contributed by atoms with Crippen LogP contribution < -0.4 is 4.72 Å². The Hall–Kier alpha value is -1.70. The first-order valence-corrected chi connectivity index (χ1v) is 8.55. The first-order valence-electron chi connectivity index (χ1n) is 6.90. The van der Waals surface area contributed by atoms with Crippen molar-refractivity contribution in [2.75, 3.05) is 31.3 Å². The van der Waals surface area contributed by atoms with E-state index in [1.165, 1.54) is 13.3 Å². The fourth-order valence-corrected chi connectivity index (χ4v) is 3.03. The van der Waals surface area contributed by atoms with E-state index in [2.05, 4.69) is 9.71 Å². The molecule has 1 heterocycles. The van der Waals surface area contributed by atoms with E-state index in [4.69, 9.17) is 9.47 Å². The maximum atomic E-state index is 11.9. The molecule has 1 aliphatic carbocycles. The highest BCUT2D eigenvalue weighted by atomic mass is 32.2. The molecule has 1 unspecified atom stereocenters. The maximum absolute atomic E-state index is 11.9. The van der Waals surface area contributed by atoms with E-state index in [1.807, 2.05) is 18.2 Å². The molecule has 0 aromatic carbocycles. The molecule has 0 bridgehead atoms. The zero-order chi connectivity index (χ0) is 16.0. The zero-order valence-corrected chi connectivity index (χ0v) is 13.5. The van der Waals surface area contributed by atoms with Crippen molar-refractivity contribution in [3.05, 3.63) is 42.3 Å². The van der Waals surface area contributed by atoms with Crippen LogP contribution in [0.2, 0.25) is 0 Å². The quantitative estimate of drug-likeness (QED) is 0.828. The minimum Gasteiger partial charge on any atom is -0.384 e. The number of methoxy groups -OCH3 is 2. The van der Waals surface area contributed by atoms with Crippen LogP contribution in [0.15, 0.2) is 36.7 Å². The lowest BCUT2D eigenvalue weighted by molar-refractivity contribution is 0.143. The van der Waals surface area contributed by atoms with Gasteiger partial charge in [-0.2, -0.15) is 0 Å². The molecule has 120 valence electrons. The van der Waals surface area contributed by atoms with Crippen LogP contribution in [-0.2, 0) is 19.5 Å². The maximum Gasteiger partial charge on any atom is 0.235 e. The summed E-state index contributed by atoms with van der Waals surface area (Å²) < 4.78 is 36.3. The van der Waals surface area contributed by atoms with Gasteiger partial charge in [0.15, 0.2) is 0 Å². The van der Waals surface area contributed by atoms with Crippen molar-refractivity contribution in [1.82, 2.24) is 4.98 Å². The second-order valence-corrected chi connectivity index (χ2v) is 6.75. The van der Waals surface area contributed by atoms with Gasteiger partial charge in [-0.25, -0.2) is 8.42 Å². The highest BCUT2D eigenvalue weighted by Gasteiger charge is 2.12. The van der Waals surface area contributed by atoms with Crippen LogP contribution >= 0.6 is 0 Å². The Bertz CT molecular complexity index is 668. The molecule has 1 aromatic rings.